The summed E-state index contributed by atoms with van der Waals surface area (Å²) >= 11 is 0. The van der Waals surface area contributed by atoms with Crippen LogP contribution in [0.3, 0.4) is 0 Å². The Bertz CT molecular complexity index is 2650. The SMILES string of the molecule is NCc1ccc(-c2nn[nH]n2)cc1.O=C(NCc1ccc(-c2nn[nH]n2)cc1)c1cc(F)cnc1Cc1ccc(F)cc1.O=C(O)c1cc(F)cnc1Cc1ccc(F)cc1. The Morgan fingerprint density at radius 1 is 0.574 bits per heavy atom. The molecule has 0 saturated carbocycles. The molecule has 8 aromatic rings. The number of halogens is 4. The molecule has 308 valence electrons. The third-order valence-electron chi connectivity index (χ3n) is 8.72. The van der Waals surface area contributed by atoms with Crippen LogP contribution in [0.4, 0.5) is 17.6 Å². The van der Waals surface area contributed by atoms with Gasteiger partial charge >= 0.3 is 5.97 Å². The van der Waals surface area contributed by atoms with Gasteiger partial charge in [-0.1, -0.05) is 72.8 Å². The van der Waals surface area contributed by atoms with Crippen molar-refractivity contribution in [1.29, 1.82) is 0 Å². The summed E-state index contributed by atoms with van der Waals surface area (Å²) < 4.78 is 52.5. The predicted octanol–water partition coefficient (Wildman–Crippen LogP) is 6.03. The van der Waals surface area contributed by atoms with Gasteiger partial charge in [0.25, 0.3) is 5.91 Å². The number of carboxylic acids is 1. The van der Waals surface area contributed by atoms with Crippen LogP contribution in [0, 0.1) is 23.3 Å². The zero-order chi connectivity index (χ0) is 43.1. The first-order chi connectivity index (χ1) is 29.5. The number of carbonyl (C=O) groups is 2. The second kappa shape index (κ2) is 20.6. The molecule has 4 aromatic carbocycles. The van der Waals surface area contributed by atoms with Crippen LogP contribution in [-0.2, 0) is 25.9 Å². The molecule has 4 heterocycles. The molecule has 61 heavy (non-hydrogen) atoms. The molecule has 0 saturated heterocycles. The average Bonchev–Trinajstić information content (AvgIpc) is 4.03. The second-order valence-electron chi connectivity index (χ2n) is 13.0. The van der Waals surface area contributed by atoms with Crippen LogP contribution in [0.5, 0.6) is 0 Å². The number of hydrogen-bond acceptors (Lipinski definition) is 11. The predicted molar refractivity (Wildman–Crippen MR) is 212 cm³/mol. The van der Waals surface area contributed by atoms with Crippen LogP contribution in [-0.4, -0.2) is 68.2 Å². The van der Waals surface area contributed by atoms with Crippen molar-refractivity contribution in [2.24, 2.45) is 5.73 Å². The first-order valence-electron chi connectivity index (χ1n) is 18.2. The largest absolute Gasteiger partial charge is 0.478 e. The molecule has 0 aliphatic heterocycles. The van der Waals surface area contributed by atoms with Gasteiger partial charge < -0.3 is 16.2 Å². The molecule has 19 heteroatoms. The summed E-state index contributed by atoms with van der Waals surface area (Å²) in [6.07, 6.45) is 2.52. The molecule has 6 N–H and O–H groups in total. The first kappa shape index (κ1) is 42.5. The number of amides is 1. The zero-order valence-electron chi connectivity index (χ0n) is 31.8. The number of tetrazole rings is 2. The van der Waals surface area contributed by atoms with Crippen LogP contribution in [0.25, 0.3) is 22.8 Å². The molecule has 8 rings (SSSR count). The first-order valence-corrected chi connectivity index (χ1v) is 18.2. The molecule has 0 aliphatic rings. The Hall–Kier alpha value is -8.06. The summed E-state index contributed by atoms with van der Waals surface area (Å²) in [7, 11) is 0. The number of aromatic amines is 2. The van der Waals surface area contributed by atoms with Gasteiger partial charge in [-0.25, -0.2) is 22.4 Å². The van der Waals surface area contributed by atoms with Crippen molar-refractivity contribution in [2.75, 3.05) is 0 Å². The number of nitrogens with zero attached hydrogens (tertiary/aromatic N) is 8. The summed E-state index contributed by atoms with van der Waals surface area (Å²) in [5, 5.41) is 39.0. The number of aromatic carboxylic acids is 1. The van der Waals surface area contributed by atoms with E-state index >= 15 is 0 Å². The highest BCUT2D eigenvalue weighted by Crippen LogP contribution is 2.18. The molecule has 0 atom stereocenters. The van der Waals surface area contributed by atoms with Crippen LogP contribution >= 0.6 is 0 Å². The van der Waals surface area contributed by atoms with E-state index in [0.29, 0.717) is 29.5 Å². The third kappa shape index (κ3) is 12.2. The van der Waals surface area contributed by atoms with Crippen LogP contribution in [0.15, 0.2) is 122 Å². The lowest BCUT2D eigenvalue weighted by Crippen LogP contribution is -2.24. The van der Waals surface area contributed by atoms with E-state index < -0.39 is 23.5 Å². The number of aromatic nitrogens is 10. The quantitative estimate of drug-likeness (QED) is 0.0942. The maximum absolute atomic E-state index is 13.7. The average molecular weight is 831 g/mol. The van der Waals surface area contributed by atoms with Gasteiger partial charge in [-0.2, -0.15) is 10.4 Å². The van der Waals surface area contributed by atoms with Crippen LogP contribution in [0.1, 0.15) is 54.4 Å². The molecule has 0 unspecified atom stereocenters. The Morgan fingerprint density at radius 2 is 1.00 bits per heavy atom. The van der Waals surface area contributed by atoms with Crippen LogP contribution < -0.4 is 11.1 Å². The summed E-state index contributed by atoms with van der Waals surface area (Å²) in [5.41, 5.74) is 11.2. The van der Waals surface area contributed by atoms with Crippen molar-refractivity contribution in [3.8, 4) is 22.8 Å². The molecular formula is C42H34F4N12O3. The number of rotatable bonds is 11. The molecule has 0 bridgehead atoms. The Kier molecular flexibility index (Phi) is 14.3. The van der Waals surface area contributed by atoms with E-state index in [1.807, 2.05) is 48.5 Å². The number of benzene rings is 4. The minimum absolute atomic E-state index is 0.141. The van der Waals surface area contributed by atoms with E-state index in [1.165, 1.54) is 36.4 Å². The maximum Gasteiger partial charge on any atom is 0.337 e. The zero-order valence-corrected chi connectivity index (χ0v) is 31.8. The summed E-state index contributed by atoms with van der Waals surface area (Å²) in [5.74, 6) is -2.63. The Morgan fingerprint density at radius 3 is 1.43 bits per heavy atom. The minimum atomic E-state index is -1.24. The van der Waals surface area contributed by atoms with E-state index in [-0.39, 0.29) is 47.8 Å². The van der Waals surface area contributed by atoms with E-state index in [4.69, 9.17) is 10.8 Å². The van der Waals surface area contributed by atoms with Crippen molar-refractivity contribution in [2.45, 2.75) is 25.9 Å². The lowest BCUT2D eigenvalue weighted by atomic mass is 10.0. The number of pyridine rings is 2. The Balaban J connectivity index is 0.000000170. The van der Waals surface area contributed by atoms with E-state index in [0.717, 1.165) is 52.3 Å². The molecule has 0 spiro atoms. The number of H-pyrrole nitrogens is 2. The normalized spacial score (nSPS) is 10.5. The second-order valence-corrected chi connectivity index (χ2v) is 13.0. The highest BCUT2D eigenvalue weighted by atomic mass is 19.1. The number of nitrogens with one attached hydrogen (secondary N) is 3. The maximum atomic E-state index is 13.7. The number of carbonyl (C=O) groups excluding carboxylic acids is 1. The number of hydrogen-bond donors (Lipinski definition) is 5. The summed E-state index contributed by atoms with van der Waals surface area (Å²) in [4.78, 5) is 31.5. The van der Waals surface area contributed by atoms with Gasteiger partial charge in [0.15, 0.2) is 0 Å². The van der Waals surface area contributed by atoms with Crippen molar-refractivity contribution in [3.63, 3.8) is 0 Å². The van der Waals surface area contributed by atoms with Crippen molar-refractivity contribution in [3.05, 3.63) is 190 Å². The molecule has 4 aromatic heterocycles. The summed E-state index contributed by atoms with van der Waals surface area (Å²) in [6, 6.07) is 28.6. The number of carboxylic acid groups (broad SMARTS) is 1. The van der Waals surface area contributed by atoms with Crippen molar-refractivity contribution in [1.82, 2.24) is 56.5 Å². The van der Waals surface area contributed by atoms with Gasteiger partial charge in [0.2, 0.25) is 11.6 Å². The van der Waals surface area contributed by atoms with Crippen LogP contribution in [0.2, 0.25) is 0 Å². The van der Waals surface area contributed by atoms with Gasteiger partial charge in [0.1, 0.15) is 23.3 Å². The number of nitrogens with two attached hydrogens (primary N) is 1. The van der Waals surface area contributed by atoms with Gasteiger partial charge in [-0.3, -0.25) is 14.8 Å². The molecular weight excluding hydrogens is 797 g/mol. The van der Waals surface area contributed by atoms with Crippen molar-refractivity contribution < 1.29 is 32.3 Å². The Labute approximate surface area is 344 Å². The monoisotopic (exact) mass is 830 g/mol. The van der Waals surface area contributed by atoms with E-state index in [9.17, 15) is 27.2 Å². The van der Waals surface area contributed by atoms with Gasteiger partial charge in [-0.15, -0.1) is 20.4 Å². The topological polar surface area (TPSA) is 227 Å². The molecule has 15 nitrogen and oxygen atoms in total. The lowest BCUT2D eigenvalue weighted by molar-refractivity contribution is 0.0694. The minimum Gasteiger partial charge on any atom is -0.478 e. The fourth-order valence-corrected chi connectivity index (χ4v) is 5.60. The molecule has 0 fully saturated rings. The summed E-state index contributed by atoms with van der Waals surface area (Å²) in [6.45, 7) is 0.796. The van der Waals surface area contributed by atoms with Gasteiger partial charge in [-0.05, 0) is 69.1 Å². The molecule has 0 aliphatic carbocycles. The van der Waals surface area contributed by atoms with E-state index in [2.05, 4.69) is 56.5 Å². The highest BCUT2D eigenvalue weighted by molar-refractivity contribution is 5.95. The van der Waals surface area contributed by atoms with E-state index in [1.54, 1.807) is 12.1 Å². The fourth-order valence-electron chi connectivity index (χ4n) is 5.60. The van der Waals surface area contributed by atoms with Crippen molar-refractivity contribution >= 4 is 11.9 Å². The molecule has 1 amide bonds. The highest BCUT2D eigenvalue weighted by Gasteiger charge is 2.16. The molecule has 0 radical (unpaired) electrons. The lowest BCUT2D eigenvalue weighted by Gasteiger charge is -2.10. The van der Waals surface area contributed by atoms with Gasteiger partial charge in [0.05, 0.1) is 34.9 Å². The van der Waals surface area contributed by atoms with Gasteiger partial charge in [0, 0.05) is 37.1 Å². The third-order valence-corrected chi connectivity index (χ3v) is 8.72. The smallest absolute Gasteiger partial charge is 0.337 e. The fraction of sp³-hybridized carbons (Fsp3) is 0.0952. The standard InChI is InChI=1S/C21H16F2N6O.C13H9F2NO2.C8H9N5/c22-16-7-3-13(4-8-16)9-19-18(10-17(23)12-24-19)21(30)25-11-14-1-5-15(6-2-14)20-26-28-29-27-20;14-9-3-1-8(2-4-9)5-12-11(13(17)18)6-10(15)7-16-12;9-5-6-1-3-7(4-2-6)8-10-12-13-11-8/h1-8,10,12H,9,11H2,(H,25,30)(H,26,27,28,29);1-4,6-7H,5H2,(H,17,18);1-4H,5,9H2,(H,10,11,12,13).